The lowest BCUT2D eigenvalue weighted by Gasteiger charge is -2.33. The molecule has 1 fully saturated rings. The third-order valence-corrected chi connectivity index (χ3v) is 8.85. The molecule has 2 heterocycles. The highest BCUT2D eigenvalue weighted by Gasteiger charge is 2.29. The molecule has 4 rings (SSSR count). The molecule has 1 aliphatic heterocycles. The lowest BCUT2D eigenvalue weighted by Crippen LogP contribution is -2.48. The minimum Gasteiger partial charge on any atom is -0.345 e. The SMILES string of the molecule is CCCc1ccc(-c2csc(N3CCN(S(=O)(=O)c4ccc(Cl)c(Cl)c4)CC3)n2)cc1. The number of aryl methyl sites for hydroxylation is 1. The molecule has 164 valence electrons. The molecule has 31 heavy (non-hydrogen) atoms. The van der Waals surface area contributed by atoms with Crippen LogP contribution in [0.15, 0.2) is 52.7 Å². The van der Waals surface area contributed by atoms with E-state index in [1.54, 1.807) is 11.3 Å². The van der Waals surface area contributed by atoms with Gasteiger partial charge in [-0.05, 0) is 30.2 Å². The van der Waals surface area contributed by atoms with Gasteiger partial charge in [-0.15, -0.1) is 11.3 Å². The molecule has 3 aromatic rings. The van der Waals surface area contributed by atoms with Crippen LogP contribution in [0.1, 0.15) is 18.9 Å². The third-order valence-electron chi connectivity index (χ3n) is 5.32. The van der Waals surface area contributed by atoms with Crippen LogP contribution >= 0.6 is 34.5 Å². The molecule has 0 spiro atoms. The minimum atomic E-state index is -3.61. The van der Waals surface area contributed by atoms with E-state index in [1.165, 1.54) is 28.1 Å². The summed E-state index contributed by atoms with van der Waals surface area (Å²) >= 11 is 13.5. The molecule has 0 aliphatic carbocycles. The van der Waals surface area contributed by atoms with E-state index in [0.717, 1.165) is 29.2 Å². The smallest absolute Gasteiger partial charge is 0.243 e. The maximum atomic E-state index is 12.9. The van der Waals surface area contributed by atoms with E-state index in [2.05, 4.69) is 41.5 Å². The molecule has 5 nitrogen and oxygen atoms in total. The second-order valence-electron chi connectivity index (χ2n) is 7.43. The van der Waals surface area contributed by atoms with Gasteiger partial charge in [-0.2, -0.15) is 4.31 Å². The van der Waals surface area contributed by atoms with Gasteiger partial charge in [-0.1, -0.05) is 60.8 Å². The third kappa shape index (κ3) is 4.91. The Morgan fingerprint density at radius 3 is 2.35 bits per heavy atom. The highest BCUT2D eigenvalue weighted by Crippen LogP contribution is 2.30. The minimum absolute atomic E-state index is 0.165. The first-order valence-corrected chi connectivity index (χ1v) is 13.2. The molecule has 1 aromatic heterocycles. The number of hydrogen-bond acceptors (Lipinski definition) is 5. The van der Waals surface area contributed by atoms with Crippen LogP contribution in [0, 0.1) is 0 Å². The van der Waals surface area contributed by atoms with Crippen molar-refractivity contribution in [3.05, 3.63) is 63.5 Å². The molecule has 0 unspecified atom stereocenters. The lowest BCUT2D eigenvalue weighted by atomic mass is 10.1. The molecule has 1 saturated heterocycles. The van der Waals surface area contributed by atoms with Crippen molar-refractivity contribution in [3.63, 3.8) is 0 Å². The fourth-order valence-corrected chi connectivity index (χ4v) is 6.28. The van der Waals surface area contributed by atoms with Crippen LogP contribution in [0.4, 0.5) is 5.13 Å². The number of thiazole rings is 1. The van der Waals surface area contributed by atoms with Crippen LogP contribution in [0.3, 0.4) is 0 Å². The Labute approximate surface area is 197 Å². The summed E-state index contributed by atoms with van der Waals surface area (Å²) in [5, 5.41) is 3.55. The monoisotopic (exact) mass is 495 g/mol. The molecule has 2 aromatic carbocycles. The molecular weight excluding hydrogens is 473 g/mol. The van der Waals surface area contributed by atoms with Gasteiger partial charge in [-0.3, -0.25) is 0 Å². The zero-order valence-corrected chi connectivity index (χ0v) is 20.2. The van der Waals surface area contributed by atoms with Crippen molar-refractivity contribution in [2.75, 3.05) is 31.1 Å². The number of hydrogen-bond donors (Lipinski definition) is 0. The zero-order chi connectivity index (χ0) is 22.0. The summed E-state index contributed by atoms with van der Waals surface area (Å²) in [6, 6.07) is 13.0. The summed E-state index contributed by atoms with van der Waals surface area (Å²) in [4.78, 5) is 7.10. The summed E-state index contributed by atoms with van der Waals surface area (Å²) in [6.07, 6.45) is 2.21. The number of rotatable bonds is 6. The standard InChI is InChI=1S/C22H23Cl2N3O2S2/c1-2-3-16-4-6-17(7-5-16)21-15-30-22(25-21)26-10-12-27(13-11-26)31(28,29)18-8-9-19(23)20(24)14-18/h4-9,14-15H,2-3,10-13H2,1H3. The molecule has 0 N–H and O–H groups in total. The zero-order valence-electron chi connectivity index (χ0n) is 17.1. The number of halogens is 2. The van der Waals surface area contributed by atoms with E-state index in [4.69, 9.17) is 28.2 Å². The van der Waals surface area contributed by atoms with Crippen molar-refractivity contribution in [2.45, 2.75) is 24.7 Å². The first kappa shape index (κ1) is 22.6. The molecule has 1 aliphatic rings. The number of aromatic nitrogens is 1. The van der Waals surface area contributed by atoms with Crippen LogP contribution in [0.5, 0.6) is 0 Å². The van der Waals surface area contributed by atoms with E-state index >= 15 is 0 Å². The van der Waals surface area contributed by atoms with Crippen molar-refractivity contribution >= 4 is 49.7 Å². The number of anilines is 1. The van der Waals surface area contributed by atoms with Gasteiger partial charge in [0.15, 0.2) is 5.13 Å². The van der Waals surface area contributed by atoms with Crippen molar-refractivity contribution in [1.29, 1.82) is 0 Å². The van der Waals surface area contributed by atoms with Gasteiger partial charge in [0.2, 0.25) is 10.0 Å². The Morgan fingerprint density at radius 2 is 1.71 bits per heavy atom. The van der Waals surface area contributed by atoms with Gasteiger partial charge in [0.1, 0.15) is 0 Å². The van der Waals surface area contributed by atoms with Crippen LogP contribution in [0.25, 0.3) is 11.3 Å². The highest BCUT2D eigenvalue weighted by molar-refractivity contribution is 7.89. The van der Waals surface area contributed by atoms with Gasteiger partial charge >= 0.3 is 0 Å². The quantitative estimate of drug-likeness (QED) is 0.447. The molecule has 9 heteroatoms. The normalized spacial score (nSPS) is 15.4. The molecular formula is C22H23Cl2N3O2S2. The number of piperazine rings is 1. The predicted molar refractivity (Wildman–Crippen MR) is 129 cm³/mol. The van der Waals surface area contributed by atoms with Crippen molar-refractivity contribution in [3.8, 4) is 11.3 Å². The Kier molecular flexibility index (Phi) is 6.89. The average Bonchev–Trinajstić information content (AvgIpc) is 3.27. The van der Waals surface area contributed by atoms with Crippen LogP contribution in [-0.4, -0.2) is 43.9 Å². The fourth-order valence-electron chi connectivity index (χ4n) is 3.58. The fraction of sp³-hybridized carbons (Fsp3) is 0.318. The first-order valence-electron chi connectivity index (χ1n) is 10.1. The van der Waals surface area contributed by atoms with Gasteiger partial charge in [0, 0.05) is 37.1 Å². The van der Waals surface area contributed by atoms with E-state index in [0.29, 0.717) is 31.2 Å². The molecule has 0 amide bonds. The average molecular weight is 496 g/mol. The van der Waals surface area contributed by atoms with Gasteiger partial charge in [0.25, 0.3) is 0 Å². The number of nitrogens with zero attached hydrogens (tertiary/aromatic N) is 3. The molecule has 0 bridgehead atoms. The summed E-state index contributed by atoms with van der Waals surface area (Å²) in [5.41, 5.74) is 3.39. The lowest BCUT2D eigenvalue weighted by molar-refractivity contribution is 0.385. The predicted octanol–water partition coefficient (Wildman–Crippen LogP) is 5.58. The first-order chi connectivity index (χ1) is 14.9. The Balaban J connectivity index is 1.42. The van der Waals surface area contributed by atoms with E-state index < -0.39 is 10.0 Å². The largest absolute Gasteiger partial charge is 0.345 e. The Hall–Kier alpha value is -1.64. The van der Waals surface area contributed by atoms with Crippen molar-refractivity contribution in [2.24, 2.45) is 0 Å². The summed E-state index contributed by atoms with van der Waals surface area (Å²) in [5.74, 6) is 0. The van der Waals surface area contributed by atoms with Gasteiger partial charge in [0.05, 0.1) is 20.6 Å². The van der Waals surface area contributed by atoms with Crippen LogP contribution < -0.4 is 4.90 Å². The maximum Gasteiger partial charge on any atom is 0.243 e. The second-order valence-corrected chi connectivity index (χ2v) is 11.0. The second kappa shape index (κ2) is 9.46. The van der Waals surface area contributed by atoms with E-state index in [9.17, 15) is 8.42 Å². The summed E-state index contributed by atoms with van der Waals surface area (Å²) < 4.78 is 27.4. The van der Waals surface area contributed by atoms with Crippen molar-refractivity contribution < 1.29 is 8.42 Å². The van der Waals surface area contributed by atoms with Crippen LogP contribution in [0.2, 0.25) is 10.0 Å². The summed E-state index contributed by atoms with van der Waals surface area (Å²) in [6.45, 7) is 4.13. The maximum absolute atomic E-state index is 12.9. The van der Waals surface area contributed by atoms with Gasteiger partial charge in [-0.25, -0.2) is 13.4 Å². The molecule has 0 saturated carbocycles. The van der Waals surface area contributed by atoms with E-state index in [1.807, 2.05) is 0 Å². The summed E-state index contributed by atoms with van der Waals surface area (Å²) in [7, 11) is -3.61. The number of sulfonamides is 1. The molecule has 0 radical (unpaired) electrons. The van der Waals surface area contributed by atoms with Gasteiger partial charge < -0.3 is 4.90 Å². The Morgan fingerprint density at radius 1 is 1.00 bits per heavy atom. The number of benzene rings is 2. The Bertz CT molecular complexity index is 1160. The highest BCUT2D eigenvalue weighted by atomic mass is 35.5. The van der Waals surface area contributed by atoms with Crippen LogP contribution in [-0.2, 0) is 16.4 Å². The topological polar surface area (TPSA) is 53.5 Å². The molecule has 0 atom stereocenters. The van der Waals surface area contributed by atoms with Crippen molar-refractivity contribution in [1.82, 2.24) is 9.29 Å². The van der Waals surface area contributed by atoms with E-state index in [-0.39, 0.29) is 9.92 Å².